The van der Waals surface area contributed by atoms with Crippen molar-refractivity contribution < 1.29 is 4.79 Å². The third-order valence-corrected chi connectivity index (χ3v) is 4.07. The van der Waals surface area contributed by atoms with E-state index in [2.05, 4.69) is 29.2 Å². The summed E-state index contributed by atoms with van der Waals surface area (Å²) in [6.45, 7) is 4.99. The van der Waals surface area contributed by atoms with Crippen molar-refractivity contribution in [2.45, 2.75) is 46.0 Å². The van der Waals surface area contributed by atoms with Gasteiger partial charge < -0.3 is 5.32 Å². The van der Waals surface area contributed by atoms with Gasteiger partial charge in [0.25, 0.3) is 5.91 Å². The zero-order valence-corrected chi connectivity index (χ0v) is 12.7. The van der Waals surface area contributed by atoms with Gasteiger partial charge in [0.1, 0.15) is 5.56 Å². The molecule has 0 aliphatic heterocycles. The fourth-order valence-corrected chi connectivity index (χ4v) is 2.83. The molecule has 0 radical (unpaired) electrons. The van der Waals surface area contributed by atoms with Crippen molar-refractivity contribution in [1.82, 2.24) is 19.9 Å². The van der Waals surface area contributed by atoms with E-state index in [1.165, 1.54) is 24.1 Å². The third kappa shape index (κ3) is 2.77. The monoisotopic (exact) mass is 286 g/mol. The van der Waals surface area contributed by atoms with E-state index in [9.17, 15) is 4.79 Å². The highest BCUT2D eigenvalue weighted by Crippen LogP contribution is 2.22. The van der Waals surface area contributed by atoms with E-state index in [1.54, 1.807) is 6.20 Å². The minimum Gasteiger partial charge on any atom is -0.352 e. The Morgan fingerprint density at radius 3 is 2.95 bits per heavy atom. The molecule has 0 atom stereocenters. The highest BCUT2D eigenvalue weighted by atomic mass is 16.1. The molecule has 2 heterocycles. The SMILES string of the molecule is CC(C)CCNC(=O)c1cnn2c3c(cnc12)CCCC3. The van der Waals surface area contributed by atoms with Gasteiger partial charge in [0.15, 0.2) is 5.65 Å². The number of aromatic nitrogens is 3. The molecule has 0 unspecified atom stereocenters. The molecule has 0 aromatic carbocycles. The average Bonchev–Trinajstić information content (AvgIpc) is 2.91. The first-order chi connectivity index (χ1) is 10.2. The summed E-state index contributed by atoms with van der Waals surface area (Å²) in [7, 11) is 0. The maximum absolute atomic E-state index is 12.3. The fourth-order valence-electron chi connectivity index (χ4n) is 2.83. The van der Waals surface area contributed by atoms with Crippen LogP contribution in [0.4, 0.5) is 0 Å². The van der Waals surface area contributed by atoms with Gasteiger partial charge in [-0.2, -0.15) is 5.10 Å². The Morgan fingerprint density at radius 1 is 1.33 bits per heavy atom. The van der Waals surface area contributed by atoms with Gasteiger partial charge in [-0.3, -0.25) is 4.79 Å². The first-order valence-electron chi connectivity index (χ1n) is 7.79. The number of rotatable bonds is 4. The summed E-state index contributed by atoms with van der Waals surface area (Å²) in [6.07, 6.45) is 9.01. The summed E-state index contributed by atoms with van der Waals surface area (Å²) in [4.78, 5) is 16.7. The molecule has 5 heteroatoms. The molecule has 21 heavy (non-hydrogen) atoms. The number of aryl methyl sites for hydroxylation is 2. The molecule has 112 valence electrons. The Hall–Kier alpha value is -1.91. The maximum Gasteiger partial charge on any atom is 0.256 e. The van der Waals surface area contributed by atoms with Crippen molar-refractivity contribution in [2.24, 2.45) is 5.92 Å². The first-order valence-corrected chi connectivity index (χ1v) is 7.79. The standard InChI is InChI=1S/C16H22N4O/c1-11(2)7-8-17-16(21)13-10-19-20-14-6-4-3-5-12(14)9-18-15(13)20/h9-11H,3-8H2,1-2H3,(H,17,21). The molecule has 5 nitrogen and oxygen atoms in total. The number of carbonyl (C=O) groups is 1. The van der Waals surface area contributed by atoms with Crippen molar-refractivity contribution in [3.63, 3.8) is 0 Å². The molecule has 2 aromatic heterocycles. The van der Waals surface area contributed by atoms with E-state index in [4.69, 9.17) is 0 Å². The highest BCUT2D eigenvalue weighted by Gasteiger charge is 2.19. The molecule has 0 bridgehead atoms. The Labute approximate surface area is 124 Å². The summed E-state index contributed by atoms with van der Waals surface area (Å²) in [5.74, 6) is 0.508. The van der Waals surface area contributed by atoms with E-state index in [1.807, 2.05) is 10.7 Å². The molecule has 1 N–H and O–H groups in total. The van der Waals surface area contributed by atoms with Crippen LogP contribution in [-0.2, 0) is 12.8 Å². The molecule has 0 saturated heterocycles. The molecule has 3 rings (SSSR count). The summed E-state index contributed by atoms with van der Waals surface area (Å²) in [6, 6.07) is 0. The quantitative estimate of drug-likeness (QED) is 0.938. The van der Waals surface area contributed by atoms with Crippen molar-refractivity contribution >= 4 is 11.6 Å². The smallest absolute Gasteiger partial charge is 0.256 e. The van der Waals surface area contributed by atoms with Crippen LogP contribution in [0.15, 0.2) is 12.4 Å². The van der Waals surface area contributed by atoms with Crippen molar-refractivity contribution in [3.8, 4) is 0 Å². The molecule has 1 aliphatic carbocycles. The third-order valence-electron chi connectivity index (χ3n) is 4.07. The molecule has 0 saturated carbocycles. The number of nitrogens with zero attached hydrogens (tertiary/aromatic N) is 3. The molecule has 1 aliphatic rings. The Kier molecular flexibility index (Phi) is 3.90. The predicted molar refractivity (Wildman–Crippen MR) is 81.4 cm³/mol. The molecular formula is C16H22N4O. The summed E-state index contributed by atoms with van der Waals surface area (Å²) in [5.41, 5.74) is 3.74. The zero-order chi connectivity index (χ0) is 14.8. The first kappa shape index (κ1) is 14.0. The van der Waals surface area contributed by atoms with Crippen LogP contribution in [0.1, 0.15) is 54.7 Å². The minimum absolute atomic E-state index is 0.0751. The van der Waals surface area contributed by atoms with Crippen LogP contribution in [0.2, 0.25) is 0 Å². The van der Waals surface area contributed by atoms with Crippen LogP contribution < -0.4 is 5.32 Å². The van der Waals surface area contributed by atoms with Crippen LogP contribution in [0, 0.1) is 5.92 Å². The van der Waals surface area contributed by atoms with Gasteiger partial charge in [-0.15, -0.1) is 0 Å². The summed E-state index contributed by atoms with van der Waals surface area (Å²) >= 11 is 0. The van der Waals surface area contributed by atoms with Gasteiger partial charge >= 0.3 is 0 Å². The Balaban J connectivity index is 1.85. The number of amides is 1. The fraction of sp³-hybridized carbons (Fsp3) is 0.562. The van der Waals surface area contributed by atoms with Gasteiger partial charge in [0, 0.05) is 18.4 Å². The Bertz CT molecular complexity index is 660. The minimum atomic E-state index is -0.0751. The summed E-state index contributed by atoms with van der Waals surface area (Å²) < 4.78 is 1.85. The van der Waals surface area contributed by atoms with E-state index in [0.717, 1.165) is 19.3 Å². The number of hydrogen-bond donors (Lipinski definition) is 1. The van der Waals surface area contributed by atoms with E-state index in [-0.39, 0.29) is 5.91 Å². The van der Waals surface area contributed by atoms with Gasteiger partial charge in [0.2, 0.25) is 0 Å². The number of nitrogens with one attached hydrogen (secondary N) is 1. The van der Waals surface area contributed by atoms with E-state index >= 15 is 0 Å². The lowest BCUT2D eigenvalue weighted by molar-refractivity contribution is 0.0953. The normalized spacial score (nSPS) is 14.4. The lowest BCUT2D eigenvalue weighted by Crippen LogP contribution is -2.25. The van der Waals surface area contributed by atoms with Gasteiger partial charge in [0.05, 0.1) is 6.20 Å². The predicted octanol–water partition coefficient (Wildman–Crippen LogP) is 2.38. The van der Waals surface area contributed by atoms with Gasteiger partial charge in [-0.25, -0.2) is 9.50 Å². The number of carbonyl (C=O) groups excluding carboxylic acids is 1. The van der Waals surface area contributed by atoms with Crippen LogP contribution >= 0.6 is 0 Å². The lowest BCUT2D eigenvalue weighted by atomic mass is 9.97. The van der Waals surface area contributed by atoms with E-state index < -0.39 is 0 Å². The van der Waals surface area contributed by atoms with Gasteiger partial charge in [-0.05, 0) is 43.6 Å². The maximum atomic E-state index is 12.3. The number of fused-ring (bicyclic) bond motifs is 3. The second-order valence-electron chi connectivity index (χ2n) is 6.17. The van der Waals surface area contributed by atoms with Gasteiger partial charge in [-0.1, -0.05) is 13.8 Å². The van der Waals surface area contributed by atoms with Crippen molar-refractivity contribution in [1.29, 1.82) is 0 Å². The number of hydrogen-bond acceptors (Lipinski definition) is 3. The molecule has 0 spiro atoms. The van der Waals surface area contributed by atoms with Crippen LogP contribution in [0.25, 0.3) is 5.65 Å². The average molecular weight is 286 g/mol. The molecule has 1 amide bonds. The molecular weight excluding hydrogens is 264 g/mol. The largest absolute Gasteiger partial charge is 0.352 e. The van der Waals surface area contributed by atoms with Crippen LogP contribution in [0.3, 0.4) is 0 Å². The summed E-state index contributed by atoms with van der Waals surface area (Å²) in [5, 5.41) is 7.35. The second-order valence-corrected chi connectivity index (χ2v) is 6.17. The second kappa shape index (κ2) is 5.84. The van der Waals surface area contributed by atoms with Crippen molar-refractivity contribution in [2.75, 3.05) is 6.54 Å². The molecule has 0 fully saturated rings. The van der Waals surface area contributed by atoms with Crippen LogP contribution in [-0.4, -0.2) is 27.0 Å². The molecule has 2 aromatic rings. The van der Waals surface area contributed by atoms with Crippen LogP contribution in [0.5, 0.6) is 0 Å². The topological polar surface area (TPSA) is 59.3 Å². The Morgan fingerprint density at radius 2 is 2.14 bits per heavy atom. The lowest BCUT2D eigenvalue weighted by Gasteiger charge is -2.15. The van der Waals surface area contributed by atoms with E-state index in [0.29, 0.717) is 23.7 Å². The van der Waals surface area contributed by atoms with Crippen molar-refractivity contribution in [3.05, 3.63) is 29.2 Å². The highest BCUT2D eigenvalue weighted by molar-refractivity contribution is 5.99. The zero-order valence-electron chi connectivity index (χ0n) is 12.7.